The summed E-state index contributed by atoms with van der Waals surface area (Å²) < 4.78 is 5.08. The molecule has 112 valence electrons. The van der Waals surface area contributed by atoms with E-state index in [1.807, 2.05) is 49.3 Å². The molecular formula is C15H24N2O3. The van der Waals surface area contributed by atoms with E-state index in [1.54, 1.807) is 6.92 Å². The number of carbonyl (C=O) groups is 1. The van der Waals surface area contributed by atoms with Crippen molar-refractivity contribution in [3.05, 3.63) is 35.9 Å². The van der Waals surface area contributed by atoms with E-state index in [1.165, 1.54) is 0 Å². The van der Waals surface area contributed by atoms with Gasteiger partial charge in [0.05, 0.1) is 5.60 Å². The number of aliphatic hydroxyl groups is 1. The minimum atomic E-state index is -0.934. The van der Waals surface area contributed by atoms with E-state index in [0.717, 1.165) is 12.1 Å². The third-order valence-electron chi connectivity index (χ3n) is 2.92. The molecule has 1 atom stereocenters. The number of carbonyl (C=O) groups excluding carboxylic acids is 1. The highest BCUT2D eigenvalue weighted by Gasteiger charge is 2.21. The summed E-state index contributed by atoms with van der Waals surface area (Å²) in [5.41, 5.74) is -0.00206. The van der Waals surface area contributed by atoms with Crippen LogP contribution in [0.25, 0.3) is 0 Å². The van der Waals surface area contributed by atoms with Gasteiger partial charge in [-0.05, 0) is 33.0 Å². The molecule has 1 rings (SSSR count). The number of benzene rings is 1. The number of amides is 1. The van der Waals surface area contributed by atoms with Gasteiger partial charge >= 0.3 is 6.09 Å². The summed E-state index contributed by atoms with van der Waals surface area (Å²) in [4.78, 5) is 13.5. The average Bonchev–Trinajstić information content (AvgIpc) is 2.42. The van der Waals surface area contributed by atoms with E-state index in [0.29, 0.717) is 6.42 Å². The van der Waals surface area contributed by atoms with Gasteiger partial charge in [0, 0.05) is 13.1 Å². The monoisotopic (exact) mass is 280 g/mol. The summed E-state index contributed by atoms with van der Waals surface area (Å²) in [6, 6.07) is 9.47. The van der Waals surface area contributed by atoms with Crippen molar-refractivity contribution in [2.24, 2.45) is 0 Å². The van der Waals surface area contributed by atoms with Gasteiger partial charge in [-0.1, -0.05) is 30.3 Å². The molecule has 1 aromatic carbocycles. The molecule has 0 aliphatic heterocycles. The van der Waals surface area contributed by atoms with Crippen molar-refractivity contribution in [3.8, 4) is 0 Å². The summed E-state index contributed by atoms with van der Waals surface area (Å²) >= 11 is 0. The van der Waals surface area contributed by atoms with Gasteiger partial charge in [0.25, 0.3) is 0 Å². The third-order valence-corrected chi connectivity index (χ3v) is 2.92. The van der Waals surface area contributed by atoms with Crippen LogP contribution in [0.4, 0.5) is 4.79 Å². The third kappa shape index (κ3) is 7.11. The highest BCUT2D eigenvalue weighted by atomic mass is 16.5. The van der Waals surface area contributed by atoms with E-state index < -0.39 is 11.7 Å². The minimum absolute atomic E-state index is 0.175. The minimum Gasteiger partial charge on any atom is -0.445 e. The fourth-order valence-corrected chi connectivity index (χ4v) is 1.59. The first-order valence-electron chi connectivity index (χ1n) is 6.71. The van der Waals surface area contributed by atoms with Crippen molar-refractivity contribution in [3.63, 3.8) is 0 Å². The second-order valence-electron chi connectivity index (χ2n) is 5.47. The number of nitrogens with zero attached hydrogens (tertiary/aromatic N) is 1. The lowest BCUT2D eigenvalue weighted by Crippen LogP contribution is -2.42. The lowest BCUT2D eigenvalue weighted by Gasteiger charge is -2.25. The van der Waals surface area contributed by atoms with Crippen LogP contribution >= 0.6 is 0 Å². The maximum absolute atomic E-state index is 11.5. The molecule has 5 heteroatoms. The van der Waals surface area contributed by atoms with Gasteiger partial charge in [-0.2, -0.15) is 0 Å². The number of alkyl carbamates (subject to hydrolysis) is 1. The number of hydrogen-bond acceptors (Lipinski definition) is 4. The Morgan fingerprint density at radius 2 is 2.00 bits per heavy atom. The number of rotatable bonds is 7. The van der Waals surface area contributed by atoms with Crippen molar-refractivity contribution >= 4 is 6.09 Å². The predicted octanol–water partition coefficient (Wildman–Crippen LogP) is 1.62. The summed E-state index contributed by atoms with van der Waals surface area (Å²) in [6.07, 6.45) is 0.0675. The van der Waals surface area contributed by atoms with Crippen LogP contribution in [0, 0.1) is 0 Å². The van der Waals surface area contributed by atoms with E-state index in [4.69, 9.17) is 4.74 Å². The Labute approximate surface area is 120 Å². The topological polar surface area (TPSA) is 61.8 Å². The van der Waals surface area contributed by atoms with Crippen LogP contribution in [0.1, 0.15) is 18.9 Å². The molecule has 5 nitrogen and oxygen atoms in total. The Morgan fingerprint density at radius 3 is 2.60 bits per heavy atom. The zero-order valence-electron chi connectivity index (χ0n) is 12.4. The SMILES string of the molecule is CN(C)CCC(C)(O)CNC(=O)OCc1ccccc1. The van der Waals surface area contributed by atoms with Crippen molar-refractivity contribution < 1.29 is 14.6 Å². The van der Waals surface area contributed by atoms with E-state index in [-0.39, 0.29) is 13.2 Å². The van der Waals surface area contributed by atoms with Gasteiger partial charge in [-0.25, -0.2) is 4.79 Å². The molecule has 1 aromatic rings. The van der Waals surface area contributed by atoms with Crippen molar-refractivity contribution in [2.45, 2.75) is 25.6 Å². The molecule has 0 aliphatic carbocycles. The van der Waals surface area contributed by atoms with Crippen LogP contribution in [0.5, 0.6) is 0 Å². The maximum atomic E-state index is 11.5. The van der Waals surface area contributed by atoms with E-state index in [2.05, 4.69) is 5.32 Å². The Morgan fingerprint density at radius 1 is 1.35 bits per heavy atom. The first-order chi connectivity index (χ1) is 9.39. The molecular weight excluding hydrogens is 256 g/mol. The quantitative estimate of drug-likeness (QED) is 0.796. The summed E-state index contributed by atoms with van der Waals surface area (Å²) in [6.45, 7) is 2.86. The van der Waals surface area contributed by atoms with Crippen LogP contribution in [0.2, 0.25) is 0 Å². The van der Waals surface area contributed by atoms with Crippen LogP contribution < -0.4 is 5.32 Å². The Bertz CT molecular complexity index is 405. The fourth-order valence-electron chi connectivity index (χ4n) is 1.59. The Kier molecular flexibility index (Phi) is 6.48. The van der Waals surface area contributed by atoms with E-state index >= 15 is 0 Å². The lowest BCUT2D eigenvalue weighted by molar-refractivity contribution is 0.0412. The zero-order valence-corrected chi connectivity index (χ0v) is 12.4. The molecule has 0 radical (unpaired) electrons. The molecule has 0 aliphatic rings. The van der Waals surface area contributed by atoms with Gasteiger partial charge in [0.2, 0.25) is 0 Å². The van der Waals surface area contributed by atoms with Gasteiger partial charge in [0.1, 0.15) is 6.61 Å². The number of hydrogen-bond donors (Lipinski definition) is 2. The predicted molar refractivity (Wildman–Crippen MR) is 78.4 cm³/mol. The molecule has 0 heterocycles. The molecule has 1 unspecified atom stereocenters. The van der Waals surface area contributed by atoms with Crippen LogP contribution in [0.3, 0.4) is 0 Å². The Hall–Kier alpha value is -1.59. The molecule has 0 aromatic heterocycles. The molecule has 2 N–H and O–H groups in total. The lowest BCUT2D eigenvalue weighted by atomic mass is 10.0. The highest BCUT2D eigenvalue weighted by molar-refractivity contribution is 5.67. The molecule has 0 saturated carbocycles. The van der Waals surface area contributed by atoms with Gasteiger partial charge in [-0.15, -0.1) is 0 Å². The maximum Gasteiger partial charge on any atom is 0.407 e. The fraction of sp³-hybridized carbons (Fsp3) is 0.533. The second-order valence-corrected chi connectivity index (χ2v) is 5.47. The first kappa shape index (κ1) is 16.5. The van der Waals surface area contributed by atoms with E-state index in [9.17, 15) is 9.90 Å². The molecule has 20 heavy (non-hydrogen) atoms. The van der Waals surface area contributed by atoms with Crippen LogP contribution in [-0.4, -0.2) is 48.9 Å². The summed E-state index contributed by atoms with van der Waals surface area (Å²) in [7, 11) is 3.88. The molecule has 0 spiro atoms. The van der Waals surface area contributed by atoms with Gasteiger partial charge in [0.15, 0.2) is 0 Å². The molecule has 1 amide bonds. The standard InChI is InChI=1S/C15H24N2O3/c1-15(19,9-10-17(2)3)12-16-14(18)20-11-13-7-5-4-6-8-13/h4-8,19H,9-12H2,1-3H3,(H,16,18). The largest absolute Gasteiger partial charge is 0.445 e. The molecule has 0 bridgehead atoms. The summed E-state index contributed by atoms with van der Waals surface area (Å²) in [5.74, 6) is 0. The van der Waals surface area contributed by atoms with Gasteiger partial charge in [-0.3, -0.25) is 0 Å². The molecule has 0 saturated heterocycles. The van der Waals surface area contributed by atoms with Crippen molar-refractivity contribution in [2.75, 3.05) is 27.2 Å². The highest BCUT2D eigenvalue weighted by Crippen LogP contribution is 2.08. The second kappa shape index (κ2) is 7.87. The Balaban J connectivity index is 2.25. The normalized spacial score (nSPS) is 13.8. The zero-order chi connectivity index (χ0) is 15.0. The van der Waals surface area contributed by atoms with Crippen molar-refractivity contribution in [1.29, 1.82) is 0 Å². The summed E-state index contributed by atoms with van der Waals surface area (Å²) in [5, 5.41) is 12.7. The smallest absolute Gasteiger partial charge is 0.407 e. The number of ether oxygens (including phenoxy) is 1. The average molecular weight is 280 g/mol. The molecule has 0 fully saturated rings. The van der Waals surface area contributed by atoms with Crippen molar-refractivity contribution in [1.82, 2.24) is 10.2 Å². The number of nitrogens with one attached hydrogen (secondary N) is 1. The van der Waals surface area contributed by atoms with Crippen LogP contribution in [-0.2, 0) is 11.3 Å². The van der Waals surface area contributed by atoms with Gasteiger partial charge < -0.3 is 20.1 Å². The van der Waals surface area contributed by atoms with Crippen LogP contribution in [0.15, 0.2) is 30.3 Å². The first-order valence-corrected chi connectivity index (χ1v) is 6.71.